The first kappa shape index (κ1) is 68.6. The highest BCUT2D eigenvalue weighted by molar-refractivity contribution is 7.90. The molecule has 2 aromatic heterocycles. The molecule has 25 nitrogen and oxygen atoms in total. The number of unbranched alkanes of at least 4 members (excludes halogenated alkanes) is 1. The number of hydrogen-bond acceptors (Lipinski definition) is 15. The molecule has 0 aliphatic rings. The molecule has 0 bridgehead atoms. The van der Waals surface area contributed by atoms with Gasteiger partial charge in [-0.05, 0) is 193 Å². The Labute approximate surface area is 514 Å². The highest BCUT2D eigenvalue weighted by Gasteiger charge is 2.27. The lowest BCUT2D eigenvalue weighted by atomic mass is 10.1. The Morgan fingerprint density at radius 3 is 1.33 bits per heavy atom. The Hall–Kier alpha value is -8.56. The molecule has 0 fully saturated rings. The molecule has 0 saturated heterocycles. The number of hydrogen-bond donors (Lipinski definition) is 11. The minimum atomic E-state index is -4.11. The number of guanidine groups is 2. The van der Waals surface area contributed by atoms with Crippen molar-refractivity contribution in [2.75, 3.05) is 67.7 Å². The number of nitrogens with two attached hydrogens (primary N) is 2. The molecule has 6 aromatic rings. The average Bonchev–Trinajstić information content (AvgIpc) is 2.47. The molecule has 478 valence electrons. The van der Waals surface area contributed by atoms with Gasteiger partial charge in [0.1, 0.15) is 35.1 Å². The summed E-state index contributed by atoms with van der Waals surface area (Å²) in [4.78, 5) is 69.4. The molecule has 0 saturated carbocycles. The van der Waals surface area contributed by atoms with E-state index < -0.39 is 43.9 Å². The summed E-state index contributed by atoms with van der Waals surface area (Å²) in [5.41, 5.74) is 18.6. The number of H-pyrrole nitrogens is 2. The number of benzene rings is 4. The van der Waals surface area contributed by atoms with E-state index in [0.717, 1.165) is 21.8 Å². The summed E-state index contributed by atoms with van der Waals surface area (Å²) in [5, 5.41) is 16.6. The molecule has 27 heteroatoms. The van der Waals surface area contributed by atoms with Crippen LogP contribution in [0.1, 0.15) is 89.5 Å². The molecular formula is C61H85N13O12S2. The van der Waals surface area contributed by atoms with Crippen molar-refractivity contribution >= 4 is 77.4 Å². The van der Waals surface area contributed by atoms with Crippen molar-refractivity contribution in [2.45, 2.75) is 121 Å². The van der Waals surface area contributed by atoms with Crippen molar-refractivity contribution in [3.8, 4) is 23.0 Å². The van der Waals surface area contributed by atoms with Crippen molar-refractivity contribution in [3.63, 3.8) is 0 Å². The Kier molecular flexibility index (Phi) is 24.8. The number of rotatable bonds is 33. The first-order valence-electron chi connectivity index (χ1n) is 29.0. The SMILES string of the molecule is COc1ccc2[nH]cc(CC(=O)N[C@H](CCCN=C(N)NS(=O)(=O)c3c(C)cc(OC)c(C)c3C)C(=O)NCCCCNCCCNC(=O)[C@@H](CCCN=C(N)NS(=O)(=O)c3c(C)cc(OC)c(C)c3C)NC(=O)Cc3c[nH]c4ccc(OC)cc34)c2c1. The van der Waals surface area contributed by atoms with E-state index in [2.05, 4.69) is 56.0 Å². The van der Waals surface area contributed by atoms with Crippen LogP contribution in [0, 0.1) is 41.5 Å². The normalized spacial score (nSPS) is 12.8. The zero-order valence-electron chi connectivity index (χ0n) is 51.8. The number of carbonyl (C=O) groups excluding carboxylic acids is 4. The molecule has 0 spiro atoms. The summed E-state index contributed by atoms with van der Waals surface area (Å²) in [5.74, 6) is 0.173. The van der Waals surface area contributed by atoms with Gasteiger partial charge in [-0.3, -0.25) is 29.2 Å². The third-order valence-electron chi connectivity index (χ3n) is 15.1. The van der Waals surface area contributed by atoms with E-state index >= 15 is 0 Å². The van der Waals surface area contributed by atoms with Crippen molar-refractivity contribution < 1.29 is 55.0 Å². The minimum absolute atomic E-state index is 0.0168. The number of aliphatic imine (C=N–C) groups is 2. The van der Waals surface area contributed by atoms with Crippen molar-refractivity contribution in [1.82, 2.24) is 46.0 Å². The van der Waals surface area contributed by atoms with Gasteiger partial charge in [-0.2, -0.15) is 0 Å². The predicted octanol–water partition coefficient (Wildman–Crippen LogP) is 4.43. The topological polar surface area (TPSA) is 366 Å². The third kappa shape index (κ3) is 18.5. The average molecular weight is 1260 g/mol. The Morgan fingerprint density at radius 1 is 0.523 bits per heavy atom. The highest BCUT2D eigenvalue weighted by Crippen LogP contribution is 2.32. The van der Waals surface area contributed by atoms with E-state index in [1.165, 1.54) is 14.2 Å². The molecule has 4 amide bonds. The number of nitrogens with zero attached hydrogens (tertiary/aromatic N) is 2. The van der Waals surface area contributed by atoms with Crippen LogP contribution >= 0.6 is 0 Å². The number of ether oxygens (including phenoxy) is 4. The molecule has 0 aliphatic carbocycles. The van der Waals surface area contributed by atoms with E-state index in [1.807, 2.05) is 36.4 Å². The lowest BCUT2D eigenvalue weighted by molar-refractivity contribution is -0.128. The van der Waals surface area contributed by atoms with Gasteiger partial charge in [0.15, 0.2) is 0 Å². The highest BCUT2D eigenvalue weighted by atomic mass is 32.2. The van der Waals surface area contributed by atoms with Crippen molar-refractivity contribution in [3.05, 3.63) is 105 Å². The first-order chi connectivity index (χ1) is 41.9. The fourth-order valence-electron chi connectivity index (χ4n) is 10.3. The fourth-order valence-corrected chi connectivity index (χ4v) is 13.3. The summed E-state index contributed by atoms with van der Waals surface area (Å²) in [6, 6.07) is 12.4. The van der Waals surface area contributed by atoms with E-state index in [-0.39, 0.29) is 85.1 Å². The smallest absolute Gasteiger partial charge is 0.264 e. The molecular weight excluding hydrogens is 1170 g/mol. The lowest BCUT2D eigenvalue weighted by Gasteiger charge is -2.19. The van der Waals surface area contributed by atoms with Gasteiger partial charge in [-0.25, -0.2) is 26.3 Å². The zero-order chi connectivity index (χ0) is 64.3. The van der Waals surface area contributed by atoms with Crippen LogP contribution < -0.4 is 66.4 Å². The predicted molar refractivity (Wildman–Crippen MR) is 340 cm³/mol. The third-order valence-corrected chi connectivity index (χ3v) is 18.4. The standard InChI is InChI=1S/C61H85N13O12S2/c1-36-28-52(85-9)38(3)40(5)56(36)87(79,80)73-60(62)67-25-13-16-50(71-54(75)30-42-34-69-48-20-18-44(83-7)32-46(42)48)58(77)65-24-12-11-22-64-23-15-27-66-59(78)51(72-55(76)31-43-35-70-49-21-19-45(84-8)33-47(43)49)17-14-26-68-61(63)74-88(81,82)57-37(2)29-53(86-10)39(4)41(57)6/h18-21,28-29,32-35,50-51,64,69-70H,11-17,22-27,30-31H2,1-10H3,(H,65,77)(H,66,78)(H,71,75)(H,72,76)(H3,62,67,73)(H3,63,68,74)/t50-,51-/m1/s1. The summed E-state index contributed by atoms with van der Waals surface area (Å²) >= 11 is 0. The fraction of sp³-hybridized carbons (Fsp3) is 0.443. The van der Waals surface area contributed by atoms with Gasteiger partial charge < -0.3 is 67.0 Å². The first-order valence-corrected chi connectivity index (χ1v) is 32.0. The number of sulfonamides is 2. The van der Waals surface area contributed by atoms with Crippen LogP contribution in [0.15, 0.2) is 80.7 Å². The number of aryl methyl sites for hydroxylation is 2. The van der Waals surface area contributed by atoms with Gasteiger partial charge in [0.2, 0.25) is 35.5 Å². The maximum absolute atomic E-state index is 13.7. The van der Waals surface area contributed by atoms with E-state index in [1.54, 1.807) is 80.3 Å². The van der Waals surface area contributed by atoms with Gasteiger partial charge >= 0.3 is 0 Å². The Balaban J connectivity index is 0.981. The number of amides is 4. The Morgan fingerprint density at radius 2 is 0.920 bits per heavy atom. The largest absolute Gasteiger partial charge is 0.497 e. The molecule has 13 N–H and O–H groups in total. The van der Waals surface area contributed by atoms with Crippen LogP contribution in [-0.4, -0.2) is 142 Å². The van der Waals surface area contributed by atoms with Gasteiger partial charge in [-0.15, -0.1) is 0 Å². The molecule has 6 rings (SSSR count). The quantitative estimate of drug-likeness (QED) is 0.0154. The number of methoxy groups -OCH3 is 4. The van der Waals surface area contributed by atoms with Crippen LogP contribution in [0.25, 0.3) is 21.8 Å². The lowest BCUT2D eigenvalue weighted by Crippen LogP contribution is -2.47. The molecule has 2 atom stereocenters. The van der Waals surface area contributed by atoms with Gasteiger partial charge in [0.25, 0.3) is 20.0 Å². The molecule has 4 aromatic carbocycles. The summed E-state index contributed by atoms with van der Waals surface area (Å²) in [6.07, 6.45) is 6.20. The molecule has 0 unspecified atom stereocenters. The maximum atomic E-state index is 13.7. The summed E-state index contributed by atoms with van der Waals surface area (Å²) in [6.45, 7) is 12.1. The Bertz CT molecular complexity index is 3510. The molecule has 88 heavy (non-hydrogen) atoms. The monoisotopic (exact) mass is 1260 g/mol. The number of aromatic nitrogens is 2. The molecule has 2 heterocycles. The second-order valence-corrected chi connectivity index (χ2v) is 24.7. The summed E-state index contributed by atoms with van der Waals surface area (Å²) in [7, 11) is -2.07. The zero-order valence-corrected chi connectivity index (χ0v) is 53.4. The van der Waals surface area contributed by atoms with Crippen LogP contribution in [0.4, 0.5) is 0 Å². The van der Waals surface area contributed by atoms with Crippen LogP contribution in [0.2, 0.25) is 0 Å². The summed E-state index contributed by atoms with van der Waals surface area (Å²) < 4.78 is 80.1. The van der Waals surface area contributed by atoms with Crippen LogP contribution in [-0.2, 0) is 52.1 Å². The number of carbonyl (C=O) groups is 4. The van der Waals surface area contributed by atoms with Gasteiger partial charge in [-0.1, -0.05) is 0 Å². The second-order valence-electron chi connectivity index (χ2n) is 21.4. The maximum Gasteiger partial charge on any atom is 0.264 e. The molecule has 0 aliphatic heterocycles. The van der Waals surface area contributed by atoms with E-state index in [9.17, 15) is 36.0 Å². The van der Waals surface area contributed by atoms with Crippen LogP contribution in [0.5, 0.6) is 23.0 Å². The van der Waals surface area contributed by atoms with E-state index in [0.29, 0.717) is 113 Å². The minimum Gasteiger partial charge on any atom is -0.497 e. The van der Waals surface area contributed by atoms with Gasteiger partial charge in [0, 0.05) is 60.4 Å². The van der Waals surface area contributed by atoms with E-state index in [4.69, 9.17) is 30.4 Å². The van der Waals surface area contributed by atoms with Gasteiger partial charge in [0.05, 0.1) is 51.1 Å². The van der Waals surface area contributed by atoms with Crippen LogP contribution in [0.3, 0.4) is 0 Å². The number of fused-ring (bicyclic) bond motifs is 2. The number of nitrogens with one attached hydrogen (secondary N) is 9. The number of aromatic amines is 2. The second kappa shape index (κ2) is 31.9. The van der Waals surface area contributed by atoms with Crippen molar-refractivity contribution in [1.29, 1.82) is 0 Å². The molecule has 0 radical (unpaired) electrons. The van der Waals surface area contributed by atoms with Crippen molar-refractivity contribution in [2.24, 2.45) is 21.5 Å².